The first-order valence-electron chi connectivity index (χ1n) is 6.54. The van der Waals surface area contributed by atoms with Gasteiger partial charge in [-0.1, -0.05) is 16.8 Å². The number of rotatable bonds is 6. The number of hydrogen-bond acceptors (Lipinski definition) is 7. The van der Waals surface area contributed by atoms with Crippen molar-refractivity contribution in [1.82, 2.24) is 5.48 Å². The van der Waals surface area contributed by atoms with Crippen LogP contribution in [0.5, 0.6) is 5.75 Å². The summed E-state index contributed by atoms with van der Waals surface area (Å²) in [6.07, 6.45) is 2.34. The molecule has 22 heavy (non-hydrogen) atoms. The van der Waals surface area contributed by atoms with Gasteiger partial charge in [0.25, 0.3) is 0 Å². The number of oxime groups is 1. The van der Waals surface area contributed by atoms with Crippen LogP contribution >= 0.6 is 11.6 Å². The fourth-order valence-corrected chi connectivity index (χ4v) is 1.96. The Balaban J connectivity index is 1.98. The summed E-state index contributed by atoms with van der Waals surface area (Å²) in [5.74, 6) is -0.00613. The zero-order valence-electron chi connectivity index (χ0n) is 11.8. The van der Waals surface area contributed by atoms with E-state index in [1.165, 1.54) is 6.21 Å². The lowest BCUT2D eigenvalue weighted by Gasteiger charge is -2.11. The number of carbonyl (C=O) groups is 1. The van der Waals surface area contributed by atoms with Crippen molar-refractivity contribution < 1.29 is 24.3 Å². The molecule has 0 amide bonds. The molecule has 8 heteroatoms. The minimum atomic E-state index is -0.482. The van der Waals surface area contributed by atoms with Gasteiger partial charge in [-0.05, 0) is 31.2 Å². The maximum Gasteiger partial charge on any atom is 0.356 e. The Morgan fingerprint density at radius 2 is 2.41 bits per heavy atom. The highest BCUT2D eigenvalue weighted by Gasteiger charge is 2.23. The molecule has 0 radical (unpaired) electrons. The molecule has 1 aliphatic heterocycles. The molecule has 0 bridgehead atoms. The van der Waals surface area contributed by atoms with E-state index in [2.05, 4.69) is 10.6 Å². The maximum atomic E-state index is 11.5. The molecule has 1 atom stereocenters. The van der Waals surface area contributed by atoms with E-state index in [1.807, 2.05) is 0 Å². The maximum absolute atomic E-state index is 11.5. The van der Waals surface area contributed by atoms with Crippen molar-refractivity contribution >= 4 is 23.8 Å². The van der Waals surface area contributed by atoms with Crippen LogP contribution in [0.25, 0.3) is 0 Å². The summed E-state index contributed by atoms with van der Waals surface area (Å²) in [5.41, 5.74) is 3.26. The summed E-state index contributed by atoms with van der Waals surface area (Å²) in [6.45, 7) is 2.16. The third-order valence-electron chi connectivity index (χ3n) is 2.74. The second-order valence-corrected chi connectivity index (χ2v) is 4.73. The largest absolute Gasteiger partial charge is 0.490 e. The second kappa shape index (κ2) is 7.67. The summed E-state index contributed by atoms with van der Waals surface area (Å²) in [7, 11) is 0. The van der Waals surface area contributed by atoms with Crippen molar-refractivity contribution in [3.8, 4) is 5.75 Å². The number of nitrogens with zero attached hydrogens (tertiary/aromatic N) is 1. The summed E-state index contributed by atoms with van der Waals surface area (Å²) >= 11 is 5.87. The van der Waals surface area contributed by atoms with Gasteiger partial charge in [0.15, 0.2) is 0 Å². The lowest BCUT2D eigenvalue weighted by atomic mass is 10.2. The average Bonchev–Trinajstić information content (AvgIpc) is 2.96. The number of nitrogens with one attached hydrogen (secondary N) is 1. The first-order chi connectivity index (χ1) is 10.6. The standard InChI is InChI=1S/C14H15ClN2O5/c1-2-20-14(18)12-6-11(22-17-12)8-21-13-4-3-10(15)5-9(13)7-16-19/h3-7,11,17,19H,2,8H2,1H3. The van der Waals surface area contributed by atoms with E-state index in [0.29, 0.717) is 16.3 Å². The highest BCUT2D eigenvalue weighted by atomic mass is 35.5. The van der Waals surface area contributed by atoms with E-state index in [9.17, 15) is 4.79 Å². The van der Waals surface area contributed by atoms with Crippen LogP contribution < -0.4 is 10.2 Å². The van der Waals surface area contributed by atoms with Gasteiger partial charge >= 0.3 is 5.97 Å². The van der Waals surface area contributed by atoms with E-state index in [0.717, 1.165) is 0 Å². The lowest BCUT2D eigenvalue weighted by Crippen LogP contribution is -2.21. The summed E-state index contributed by atoms with van der Waals surface area (Å²) in [5, 5.41) is 12.1. The highest BCUT2D eigenvalue weighted by molar-refractivity contribution is 6.30. The quantitative estimate of drug-likeness (QED) is 0.359. The lowest BCUT2D eigenvalue weighted by molar-refractivity contribution is -0.140. The Morgan fingerprint density at radius 3 is 3.14 bits per heavy atom. The van der Waals surface area contributed by atoms with E-state index < -0.39 is 12.1 Å². The number of carbonyl (C=O) groups excluding carboxylic acids is 1. The zero-order valence-corrected chi connectivity index (χ0v) is 12.5. The average molecular weight is 327 g/mol. The molecule has 1 aromatic carbocycles. The molecule has 0 saturated carbocycles. The van der Waals surface area contributed by atoms with Gasteiger partial charge in [0.2, 0.25) is 0 Å². The molecule has 2 rings (SSSR count). The first-order valence-corrected chi connectivity index (χ1v) is 6.92. The van der Waals surface area contributed by atoms with Crippen LogP contribution in [0.15, 0.2) is 35.1 Å². The number of esters is 1. The van der Waals surface area contributed by atoms with Crippen molar-refractivity contribution in [3.05, 3.63) is 40.6 Å². The number of benzene rings is 1. The van der Waals surface area contributed by atoms with Crippen LogP contribution in [0.1, 0.15) is 12.5 Å². The van der Waals surface area contributed by atoms with E-state index >= 15 is 0 Å². The van der Waals surface area contributed by atoms with Gasteiger partial charge in [0, 0.05) is 10.6 Å². The molecule has 1 aliphatic rings. The molecule has 0 spiro atoms. The van der Waals surface area contributed by atoms with Gasteiger partial charge < -0.3 is 14.7 Å². The van der Waals surface area contributed by atoms with Crippen molar-refractivity contribution in [1.29, 1.82) is 0 Å². The topological polar surface area (TPSA) is 89.4 Å². The van der Waals surface area contributed by atoms with E-state index in [1.54, 1.807) is 31.2 Å². The molecule has 0 aromatic heterocycles. The number of hydrogen-bond donors (Lipinski definition) is 2. The van der Waals surface area contributed by atoms with Gasteiger partial charge in [-0.3, -0.25) is 10.3 Å². The molecule has 1 unspecified atom stereocenters. The predicted octanol–water partition coefficient (Wildman–Crippen LogP) is 1.88. The normalized spacial score (nSPS) is 17.2. The molecule has 2 N–H and O–H groups in total. The third-order valence-corrected chi connectivity index (χ3v) is 2.98. The Hall–Kier alpha value is -2.25. The Labute approximate surface area is 132 Å². The Kier molecular flexibility index (Phi) is 5.62. The Morgan fingerprint density at radius 1 is 1.59 bits per heavy atom. The van der Waals surface area contributed by atoms with Gasteiger partial charge in [-0.25, -0.2) is 4.79 Å². The van der Waals surface area contributed by atoms with Crippen molar-refractivity contribution in [2.24, 2.45) is 5.16 Å². The Bertz CT molecular complexity index is 603. The van der Waals surface area contributed by atoms with Crippen LogP contribution in [-0.4, -0.2) is 36.7 Å². The van der Waals surface area contributed by atoms with Gasteiger partial charge in [0.1, 0.15) is 24.2 Å². The first kappa shape index (κ1) is 16.1. The van der Waals surface area contributed by atoms with E-state index in [-0.39, 0.29) is 18.9 Å². The zero-order chi connectivity index (χ0) is 15.9. The highest BCUT2D eigenvalue weighted by Crippen LogP contribution is 2.22. The van der Waals surface area contributed by atoms with Crippen LogP contribution in [-0.2, 0) is 14.4 Å². The number of halogens is 1. The van der Waals surface area contributed by atoms with Crippen molar-refractivity contribution in [2.75, 3.05) is 13.2 Å². The third kappa shape index (κ3) is 4.12. The molecular weight excluding hydrogens is 312 g/mol. The number of hydroxylamine groups is 1. The van der Waals surface area contributed by atoms with Crippen molar-refractivity contribution in [2.45, 2.75) is 13.0 Å². The van der Waals surface area contributed by atoms with Crippen LogP contribution in [0, 0.1) is 0 Å². The number of ether oxygens (including phenoxy) is 2. The fraction of sp³-hybridized carbons (Fsp3) is 0.286. The summed E-state index contributed by atoms with van der Waals surface area (Å²) < 4.78 is 10.4. The van der Waals surface area contributed by atoms with E-state index in [4.69, 9.17) is 31.1 Å². The minimum Gasteiger partial charge on any atom is -0.490 e. The molecule has 0 aliphatic carbocycles. The predicted molar refractivity (Wildman–Crippen MR) is 79.1 cm³/mol. The van der Waals surface area contributed by atoms with Crippen molar-refractivity contribution in [3.63, 3.8) is 0 Å². The molecular formula is C14H15ClN2O5. The second-order valence-electron chi connectivity index (χ2n) is 4.30. The molecule has 7 nitrogen and oxygen atoms in total. The minimum absolute atomic E-state index is 0.157. The van der Waals surface area contributed by atoms with Crippen LogP contribution in [0.2, 0.25) is 5.02 Å². The summed E-state index contributed by atoms with van der Waals surface area (Å²) in [4.78, 5) is 16.7. The van der Waals surface area contributed by atoms with Gasteiger partial charge in [-0.15, -0.1) is 0 Å². The SMILES string of the molecule is CCOC(=O)C1=CC(COc2ccc(Cl)cc2C=NO)ON1. The molecule has 118 valence electrons. The molecule has 1 heterocycles. The molecule has 1 aromatic rings. The van der Waals surface area contributed by atoms with Crippen LogP contribution in [0.3, 0.4) is 0 Å². The summed E-state index contributed by atoms with van der Waals surface area (Å²) in [6, 6.07) is 4.90. The molecule has 0 saturated heterocycles. The fourth-order valence-electron chi connectivity index (χ4n) is 1.78. The molecule has 0 fully saturated rings. The monoisotopic (exact) mass is 326 g/mol. The van der Waals surface area contributed by atoms with Gasteiger partial charge in [-0.2, -0.15) is 0 Å². The smallest absolute Gasteiger partial charge is 0.356 e. The van der Waals surface area contributed by atoms with Gasteiger partial charge in [0.05, 0.1) is 12.8 Å². The van der Waals surface area contributed by atoms with Crippen LogP contribution in [0.4, 0.5) is 0 Å².